The lowest BCUT2D eigenvalue weighted by molar-refractivity contribution is -0.141. The molecule has 0 bridgehead atoms. The fourth-order valence-corrected chi connectivity index (χ4v) is 3.47. The number of nitrogens with one attached hydrogen (secondary N) is 4. The lowest BCUT2D eigenvalue weighted by Gasteiger charge is -2.24. The van der Waals surface area contributed by atoms with Crippen LogP contribution in [0.25, 0.3) is 0 Å². The molecule has 0 fully saturated rings. The Kier molecular flexibility index (Phi) is 10.9. The van der Waals surface area contributed by atoms with E-state index in [2.05, 4.69) is 38.5 Å². The zero-order valence-corrected chi connectivity index (χ0v) is 20.5. The highest BCUT2D eigenvalue weighted by Gasteiger charge is 2.31. The van der Waals surface area contributed by atoms with Crippen molar-refractivity contribution < 1.29 is 34.2 Å². The highest BCUT2D eigenvalue weighted by molar-refractivity contribution is 7.80. The van der Waals surface area contributed by atoms with Crippen molar-refractivity contribution in [3.05, 3.63) is 48.0 Å². The van der Waals surface area contributed by atoms with Crippen molar-refractivity contribution in [2.45, 2.75) is 43.4 Å². The number of carboxylic acid groups (broad SMARTS) is 1. The number of phenolic OH excluding ortho intramolecular Hbond substituents is 1. The van der Waals surface area contributed by atoms with Crippen molar-refractivity contribution in [3.8, 4) is 5.75 Å². The second kappa shape index (κ2) is 13.8. The molecule has 0 saturated heterocycles. The van der Waals surface area contributed by atoms with Crippen LogP contribution in [0.15, 0.2) is 36.8 Å². The van der Waals surface area contributed by atoms with Crippen LogP contribution in [-0.4, -0.2) is 79.7 Å². The van der Waals surface area contributed by atoms with E-state index in [1.54, 1.807) is 12.1 Å². The summed E-state index contributed by atoms with van der Waals surface area (Å²) < 4.78 is 0. The Hall–Kier alpha value is -4.11. The third-order valence-corrected chi connectivity index (χ3v) is 5.54. The number of nitrogens with two attached hydrogens (primary N) is 2. The van der Waals surface area contributed by atoms with Crippen LogP contribution < -0.4 is 27.4 Å². The van der Waals surface area contributed by atoms with E-state index in [-0.39, 0.29) is 24.3 Å². The maximum absolute atomic E-state index is 13.0. The smallest absolute Gasteiger partial charge is 0.327 e. The van der Waals surface area contributed by atoms with Crippen LogP contribution in [0.3, 0.4) is 0 Å². The zero-order chi connectivity index (χ0) is 27.5. The average molecular weight is 536 g/mol. The Labute approximate surface area is 217 Å². The molecule has 14 nitrogen and oxygen atoms in total. The van der Waals surface area contributed by atoms with Gasteiger partial charge in [0.15, 0.2) is 0 Å². The van der Waals surface area contributed by atoms with Gasteiger partial charge in [-0.25, -0.2) is 9.78 Å². The lowest BCUT2D eigenvalue weighted by Crippen LogP contribution is -2.58. The molecular formula is C22H29N7O7S. The van der Waals surface area contributed by atoms with E-state index in [4.69, 9.17) is 11.5 Å². The number of nitrogens with zero attached hydrogens (tertiary/aromatic N) is 1. The third kappa shape index (κ3) is 9.46. The van der Waals surface area contributed by atoms with E-state index in [9.17, 15) is 34.2 Å². The molecule has 1 aromatic heterocycles. The first kappa shape index (κ1) is 29.1. The Bertz CT molecular complexity index is 1100. The summed E-state index contributed by atoms with van der Waals surface area (Å²) in [6.07, 6.45) is 2.14. The minimum Gasteiger partial charge on any atom is -0.508 e. The number of amides is 4. The first-order valence-corrected chi connectivity index (χ1v) is 11.7. The second-order valence-corrected chi connectivity index (χ2v) is 8.50. The molecule has 0 spiro atoms. The second-order valence-electron chi connectivity index (χ2n) is 8.13. The van der Waals surface area contributed by atoms with Crippen LogP contribution in [-0.2, 0) is 36.8 Å². The van der Waals surface area contributed by atoms with Gasteiger partial charge >= 0.3 is 5.97 Å². The summed E-state index contributed by atoms with van der Waals surface area (Å²) in [6, 6.07) is 0.807. The number of primary amides is 1. The normalized spacial score (nSPS) is 14.0. The predicted octanol–water partition coefficient (Wildman–Crippen LogP) is -2.43. The summed E-state index contributed by atoms with van der Waals surface area (Å²) in [4.78, 5) is 68.0. The summed E-state index contributed by atoms with van der Waals surface area (Å²) in [5.74, 6) is -4.90. The molecule has 0 aliphatic heterocycles. The molecule has 2 aromatic rings. The summed E-state index contributed by atoms with van der Waals surface area (Å²) in [5, 5.41) is 25.7. The van der Waals surface area contributed by atoms with Gasteiger partial charge in [0.25, 0.3) is 0 Å². The number of aliphatic carboxylic acids is 1. The number of carboxylic acids is 1. The van der Waals surface area contributed by atoms with Crippen molar-refractivity contribution in [1.82, 2.24) is 25.9 Å². The Morgan fingerprint density at radius 2 is 1.54 bits per heavy atom. The van der Waals surface area contributed by atoms with Gasteiger partial charge in [0.05, 0.1) is 18.8 Å². The number of carbonyl (C=O) groups is 5. The summed E-state index contributed by atoms with van der Waals surface area (Å²) in [5.41, 5.74) is 12.3. The fourth-order valence-electron chi connectivity index (χ4n) is 3.22. The van der Waals surface area contributed by atoms with Crippen LogP contribution in [0, 0.1) is 0 Å². The van der Waals surface area contributed by atoms with Crippen molar-refractivity contribution in [2.24, 2.45) is 11.5 Å². The van der Waals surface area contributed by atoms with Gasteiger partial charge in [-0.05, 0) is 24.1 Å². The maximum atomic E-state index is 13.0. The van der Waals surface area contributed by atoms with Gasteiger partial charge < -0.3 is 42.6 Å². The Balaban J connectivity index is 2.15. The topological polar surface area (TPSA) is 243 Å². The van der Waals surface area contributed by atoms with Crippen molar-refractivity contribution in [2.75, 3.05) is 5.75 Å². The maximum Gasteiger partial charge on any atom is 0.327 e. The van der Waals surface area contributed by atoms with Gasteiger partial charge in [-0.15, -0.1) is 0 Å². The van der Waals surface area contributed by atoms with Crippen molar-refractivity contribution in [3.63, 3.8) is 0 Å². The largest absolute Gasteiger partial charge is 0.508 e. The molecule has 4 amide bonds. The minimum atomic E-state index is -1.46. The molecular weight excluding hydrogens is 506 g/mol. The Morgan fingerprint density at radius 1 is 0.946 bits per heavy atom. The standard InChI is InChI=1S/C22H29N7O7S/c23-14(5-11-1-3-13(30)4-2-11)19(32)27-16(7-18(24)31)21(34)28-15(6-12-8-25-10-26-12)20(33)29-17(9-37)22(35)36/h1-4,8,10,14-17,30,37H,5-7,9,23H2,(H2,24,31)(H,25,26)(H,27,32)(H,28,34)(H,29,33)(H,35,36). The van der Waals surface area contributed by atoms with Crippen LogP contribution >= 0.6 is 12.6 Å². The highest BCUT2D eigenvalue weighted by Crippen LogP contribution is 2.11. The first-order valence-electron chi connectivity index (χ1n) is 11.0. The molecule has 4 atom stereocenters. The first-order chi connectivity index (χ1) is 17.5. The molecule has 0 radical (unpaired) electrons. The molecule has 4 unspecified atom stereocenters. The van der Waals surface area contributed by atoms with Crippen molar-refractivity contribution >= 4 is 42.2 Å². The van der Waals surface area contributed by atoms with E-state index in [0.717, 1.165) is 0 Å². The number of carbonyl (C=O) groups excluding carboxylic acids is 4. The number of hydrogen-bond donors (Lipinski definition) is 9. The molecule has 2 rings (SSSR count). The number of benzene rings is 1. The van der Waals surface area contributed by atoms with Gasteiger partial charge in [0, 0.05) is 24.1 Å². The van der Waals surface area contributed by atoms with Crippen LogP contribution in [0.2, 0.25) is 0 Å². The molecule has 1 aromatic carbocycles. The molecule has 15 heteroatoms. The monoisotopic (exact) mass is 535 g/mol. The number of aromatic nitrogens is 2. The summed E-state index contributed by atoms with van der Waals surface area (Å²) in [6.45, 7) is 0. The van der Waals surface area contributed by atoms with E-state index in [1.807, 2.05) is 0 Å². The number of hydrogen-bond acceptors (Lipinski definition) is 9. The zero-order valence-electron chi connectivity index (χ0n) is 19.6. The van der Waals surface area contributed by atoms with Crippen molar-refractivity contribution in [1.29, 1.82) is 0 Å². The molecule has 1 heterocycles. The van der Waals surface area contributed by atoms with E-state index in [0.29, 0.717) is 11.3 Å². The SMILES string of the molecule is NC(=O)CC(NC(=O)C(N)Cc1ccc(O)cc1)C(=O)NC(Cc1cnc[nH]1)C(=O)NC(CS)C(=O)O. The van der Waals surface area contributed by atoms with Gasteiger partial charge in [-0.1, -0.05) is 12.1 Å². The molecule has 0 aliphatic rings. The molecule has 0 aliphatic carbocycles. The number of aromatic amines is 1. The predicted molar refractivity (Wildman–Crippen MR) is 133 cm³/mol. The molecule has 37 heavy (non-hydrogen) atoms. The van der Waals surface area contributed by atoms with Crippen LogP contribution in [0.5, 0.6) is 5.75 Å². The molecule has 0 saturated carbocycles. The van der Waals surface area contributed by atoms with E-state index in [1.165, 1.54) is 24.7 Å². The minimum absolute atomic E-state index is 0.0396. The summed E-state index contributed by atoms with van der Waals surface area (Å²) >= 11 is 3.90. The number of rotatable bonds is 14. The van der Waals surface area contributed by atoms with Gasteiger partial charge in [0.2, 0.25) is 23.6 Å². The Morgan fingerprint density at radius 3 is 2.08 bits per heavy atom. The quantitative estimate of drug-likeness (QED) is 0.117. The number of aromatic hydroxyl groups is 1. The number of imidazole rings is 1. The number of phenols is 1. The summed E-state index contributed by atoms with van der Waals surface area (Å²) in [7, 11) is 0. The van der Waals surface area contributed by atoms with Gasteiger partial charge in [-0.2, -0.15) is 12.6 Å². The van der Waals surface area contributed by atoms with Crippen LogP contribution in [0.4, 0.5) is 0 Å². The fraction of sp³-hybridized carbons (Fsp3) is 0.364. The third-order valence-electron chi connectivity index (χ3n) is 5.18. The lowest BCUT2D eigenvalue weighted by atomic mass is 10.0. The van der Waals surface area contributed by atoms with E-state index >= 15 is 0 Å². The average Bonchev–Trinajstić information content (AvgIpc) is 3.35. The molecule has 200 valence electrons. The van der Waals surface area contributed by atoms with Gasteiger partial charge in [0.1, 0.15) is 23.9 Å². The molecule has 10 N–H and O–H groups in total. The van der Waals surface area contributed by atoms with Crippen LogP contribution in [0.1, 0.15) is 17.7 Å². The van der Waals surface area contributed by atoms with E-state index < -0.39 is 60.2 Å². The number of H-pyrrole nitrogens is 1. The number of thiol groups is 1. The highest BCUT2D eigenvalue weighted by atomic mass is 32.1. The van der Waals surface area contributed by atoms with Gasteiger partial charge in [-0.3, -0.25) is 19.2 Å².